The highest BCUT2D eigenvalue weighted by Gasteiger charge is 2.27. The zero-order valence-electron chi connectivity index (χ0n) is 20.1. The van der Waals surface area contributed by atoms with Gasteiger partial charge in [-0.1, -0.05) is 41.9 Å². The largest absolute Gasteiger partial charge is 0.483 e. The average molecular weight is 499 g/mol. The van der Waals surface area contributed by atoms with Crippen LogP contribution in [-0.2, 0) is 4.79 Å². The van der Waals surface area contributed by atoms with E-state index in [0.717, 1.165) is 40.8 Å². The van der Waals surface area contributed by atoms with E-state index in [1.807, 2.05) is 54.4 Å². The lowest BCUT2D eigenvalue weighted by molar-refractivity contribution is -0.134. The molecular weight excluding hydrogens is 472 g/mol. The maximum atomic E-state index is 12.9. The molecule has 36 heavy (non-hydrogen) atoms. The van der Waals surface area contributed by atoms with Crippen molar-refractivity contribution < 1.29 is 9.53 Å². The second kappa shape index (κ2) is 10.9. The number of nitrogens with zero attached hydrogens (tertiary/aromatic N) is 4. The number of aromatic nitrogens is 3. The quantitative estimate of drug-likeness (QED) is 0.328. The van der Waals surface area contributed by atoms with Crippen LogP contribution in [0.5, 0.6) is 5.75 Å². The number of benzene rings is 2. The molecule has 5 rings (SSSR count). The molecule has 3 heterocycles. The molecule has 182 valence electrons. The van der Waals surface area contributed by atoms with Gasteiger partial charge in [-0.15, -0.1) is 0 Å². The maximum absolute atomic E-state index is 12.9. The number of piperidine rings is 1. The first-order valence-corrected chi connectivity index (χ1v) is 12.5. The van der Waals surface area contributed by atoms with E-state index in [2.05, 4.69) is 22.1 Å². The van der Waals surface area contributed by atoms with Crippen LogP contribution in [0.15, 0.2) is 79.3 Å². The number of rotatable bonds is 6. The van der Waals surface area contributed by atoms with Gasteiger partial charge >= 0.3 is 0 Å². The second-order valence-electron chi connectivity index (χ2n) is 8.95. The molecule has 1 aliphatic rings. The van der Waals surface area contributed by atoms with Crippen molar-refractivity contribution in [2.45, 2.75) is 25.7 Å². The van der Waals surface area contributed by atoms with Crippen molar-refractivity contribution in [1.82, 2.24) is 19.9 Å². The van der Waals surface area contributed by atoms with E-state index in [4.69, 9.17) is 21.3 Å². The monoisotopic (exact) mass is 498 g/mol. The minimum Gasteiger partial charge on any atom is -0.483 e. The summed E-state index contributed by atoms with van der Waals surface area (Å²) < 4.78 is 5.78. The lowest BCUT2D eigenvalue weighted by Gasteiger charge is -2.32. The molecule has 2 aromatic carbocycles. The number of ether oxygens (including phenoxy) is 1. The van der Waals surface area contributed by atoms with E-state index >= 15 is 0 Å². The lowest BCUT2D eigenvalue weighted by Crippen LogP contribution is -2.40. The van der Waals surface area contributed by atoms with Crippen molar-refractivity contribution >= 4 is 17.5 Å². The number of amides is 1. The predicted molar refractivity (Wildman–Crippen MR) is 141 cm³/mol. The number of hydrogen-bond acceptors (Lipinski definition) is 5. The van der Waals surface area contributed by atoms with Crippen molar-refractivity contribution in [3.8, 4) is 28.3 Å². The van der Waals surface area contributed by atoms with Gasteiger partial charge in [-0.2, -0.15) is 0 Å². The van der Waals surface area contributed by atoms with Crippen LogP contribution in [0.3, 0.4) is 0 Å². The number of aryl methyl sites for hydroxylation is 1. The standard InChI is InChI=1S/C29H27ClN4O2/c1-20-16-24(30)9-10-26(20)36-19-27(35)34-14-11-22(12-15-34)28-25(21-6-3-2-4-7-21)18-32-29(33-28)23-8-5-13-31-17-23/h2-10,13,16-18,22H,11-12,14-15,19H2,1H3. The lowest BCUT2D eigenvalue weighted by atomic mass is 9.88. The summed E-state index contributed by atoms with van der Waals surface area (Å²) in [5.41, 5.74) is 4.96. The van der Waals surface area contributed by atoms with Gasteiger partial charge in [0.25, 0.3) is 5.91 Å². The average Bonchev–Trinajstić information content (AvgIpc) is 2.93. The molecule has 1 fully saturated rings. The maximum Gasteiger partial charge on any atom is 0.260 e. The van der Waals surface area contributed by atoms with Gasteiger partial charge in [-0.25, -0.2) is 9.97 Å². The van der Waals surface area contributed by atoms with Crippen LogP contribution in [0.25, 0.3) is 22.5 Å². The zero-order chi connectivity index (χ0) is 24.9. The van der Waals surface area contributed by atoms with Gasteiger partial charge in [-0.05, 0) is 61.2 Å². The van der Waals surface area contributed by atoms with Crippen molar-refractivity contribution in [2.24, 2.45) is 0 Å². The Morgan fingerprint density at radius 3 is 2.53 bits per heavy atom. The van der Waals surface area contributed by atoms with Gasteiger partial charge in [0, 0.05) is 53.7 Å². The molecule has 0 unspecified atom stereocenters. The third-order valence-corrected chi connectivity index (χ3v) is 6.78. The van der Waals surface area contributed by atoms with E-state index in [0.29, 0.717) is 29.7 Å². The van der Waals surface area contributed by atoms with Crippen molar-refractivity contribution in [2.75, 3.05) is 19.7 Å². The van der Waals surface area contributed by atoms with Crippen LogP contribution >= 0.6 is 11.6 Å². The Kier molecular flexibility index (Phi) is 7.23. The topological polar surface area (TPSA) is 68.2 Å². The fourth-order valence-electron chi connectivity index (χ4n) is 4.59. The molecule has 0 radical (unpaired) electrons. The van der Waals surface area contributed by atoms with E-state index in [9.17, 15) is 4.79 Å². The minimum absolute atomic E-state index is 0.00943. The highest BCUT2D eigenvalue weighted by Crippen LogP contribution is 2.35. The number of halogens is 1. The Labute approximate surface area is 216 Å². The van der Waals surface area contributed by atoms with E-state index in [-0.39, 0.29) is 18.4 Å². The molecule has 4 aromatic rings. The summed E-state index contributed by atoms with van der Waals surface area (Å²) in [4.78, 5) is 28.6. The predicted octanol–water partition coefficient (Wildman–Crippen LogP) is 5.95. The molecule has 0 atom stereocenters. The van der Waals surface area contributed by atoms with Gasteiger partial charge in [0.15, 0.2) is 12.4 Å². The molecule has 1 aliphatic heterocycles. The second-order valence-corrected chi connectivity index (χ2v) is 9.39. The summed E-state index contributed by atoms with van der Waals surface area (Å²) in [5, 5.41) is 0.652. The summed E-state index contributed by atoms with van der Waals surface area (Å²) in [6.07, 6.45) is 7.10. The molecule has 0 N–H and O–H groups in total. The molecule has 0 saturated carbocycles. The van der Waals surface area contributed by atoms with E-state index in [1.165, 1.54) is 0 Å². The smallest absolute Gasteiger partial charge is 0.260 e. The Hall–Kier alpha value is -3.77. The summed E-state index contributed by atoms with van der Waals surface area (Å²) in [6, 6.07) is 19.5. The van der Waals surface area contributed by atoms with Crippen LogP contribution in [0.1, 0.15) is 30.0 Å². The molecule has 0 bridgehead atoms. The molecule has 6 nitrogen and oxygen atoms in total. The molecule has 7 heteroatoms. The van der Waals surface area contributed by atoms with Crippen LogP contribution in [0.2, 0.25) is 5.02 Å². The number of hydrogen-bond donors (Lipinski definition) is 0. The third-order valence-electron chi connectivity index (χ3n) is 6.55. The van der Waals surface area contributed by atoms with Crippen molar-refractivity contribution in [3.05, 3.63) is 95.5 Å². The fourth-order valence-corrected chi connectivity index (χ4v) is 4.81. The van der Waals surface area contributed by atoms with E-state index < -0.39 is 0 Å². The first-order chi connectivity index (χ1) is 17.6. The summed E-state index contributed by atoms with van der Waals surface area (Å²) in [6.45, 7) is 3.25. The normalized spacial score (nSPS) is 14.0. The number of likely N-dealkylation sites (tertiary alicyclic amines) is 1. The molecule has 1 saturated heterocycles. The molecule has 2 aromatic heterocycles. The fraction of sp³-hybridized carbons (Fsp3) is 0.241. The Morgan fingerprint density at radius 2 is 1.81 bits per heavy atom. The van der Waals surface area contributed by atoms with Crippen molar-refractivity contribution in [1.29, 1.82) is 0 Å². The van der Waals surface area contributed by atoms with Gasteiger partial charge in [-0.3, -0.25) is 9.78 Å². The Balaban J connectivity index is 1.31. The van der Waals surface area contributed by atoms with Crippen LogP contribution in [0, 0.1) is 6.92 Å². The van der Waals surface area contributed by atoms with Crippen LogP contribution < -0.4 is 4.74 Å². The number of carbonyl (C=O) groups is 1. The van der Waals surface area contributed by atoms with Crippen LogP contribution in [0.4, 0.5) is 0 Å². The van der Waals surface area contributed by atoms with E-state index in [1.54, 1.807) is 24.5 Å². The van der Waals surface area contributed by atoms with Gasteiger partial charge in [0.2, 0.25) is 0 Å². The number of pyridine rings is 1. The molecule has 1 amide bonds. The first kappa shape index (κ1) is 23.9. The molecule has 0 aliphatic carbocycles. The van der Waals surface area contributed by atoms with Gasteiger partial charge in [0.1, 0.15) is 5.75 Å². The summed E-state index contributed by atoms with van der Waals surface area (Å²) >= 11 is 6.02. The highest BCUT2D eigenvalue weighted by molar-refractivity contribution is 6.30. The SMILES string of the molecule is Cc1cc(Cl)ccc1OCC(=O)N1CCC(c2nc(-c3cccnc3)ncc2-c2ccccc2)CC1. The molecular formula is C29H27ClN4O2. The minimum atomic E-state index is -0.00943. The summed E-state index contributed by atoms with van der Waals surface area (Å²) in [5.74, 6) is 1.56. The van der Waals surface area contributed by atoms with Crippen molar-refractivity contribution in [3.63, 3.8) is 0 Å². The van der Waals surface area contributed by atoms with Gasteiger partial charge in [0.05, 0.1) is 5.69 Å². The summed E-state index contributed by atoms with van der Waals surface area (Å²) in [7, 11) is 0. The Morgan fingerprint density at radius 1 is 1.03 bits per heavy atom. The highest BCUT2D eigenvalue weighted by atomic mass is 35.5. The number of carbonyl (C=O) groups excluding carboxylic acids is 1. The zero-order valence-corrected chi connectivity index (χ0v) is 20.9. The van der Waals surface area contributed by atoms with Gasteiger partial charge < -0.3 is 9.64 Å². The first-order valence-electron chi connectivity index (χ1n) is 12.1. The van der Waals surface area contributed by atoms with Crippen LogP contribution in [-0.4, -0.2) is 45.5 Å². The Bertz CT molecular complexity index is 1340. The third kappa shape index (κ3) is 5.39. The molecule has 0 spiro atoms.